The lowest BCUT2D eigenvalue weighted by Crippen LogP contribution is -2.36. The number of likely N-dealkylation sites (N-methyl/N-ethyl adjacent to an activating group) is 1. The molecule has 0 radical (unpaired) electrons. The molecule has 0 aromatic heterocycles. The van der Waals surface area contributed by atoms with Gasteiger partial charge in [-0.15, -0.1) is 0 Å². The van der Waals surface area contributed by atoms with Crippen molar-refractivity contribution in [3.05, 3.63) is 12.7 Å². The number of nitrogens with one attached hydrogen (secondary N) is 1. The molecule has 0 aromatic carbocycles. The summed E-state index contributed by atoms with van der Waals surface area (Å²) < 4.78 is 52.5. The Labute approximate surface area is 226 Å². The first-order valence-corrected chi connectivity index (χ1v) is 14.2. The number of hydrogen-bond acceptors (Lipinski definition) is 5. The Balaban J connectivity index is 1.34. The molecule has 0 amide bonds. The minimum absolute atomic E-state index is 0.0545. The molecule has 1 N–H and O–H groups in total. The summed E-state index contributed by atoms with van der Waals surface area (Å²) in [6.07, 6.45) is 5.86. The van der Waals surface area contributed by atoms with Crippen LogP contribution in [0.2, 0.25) is 0 Å². The molecule has 3 aliphatic rings. The quantitative estimate of drug-likeness (QED) is 0.187. The minimum Gasteiger partial charge on any atom is -0.463 e. The lowest BCUT2D eigenvalue weighted by Gasteiger charge is -2.33. The van der Waals surface area contributed by atoms with Crippen LogP contribution >= 0.6 is 0 Å². The second kappa shape index (κ2) is 15.6. The van der Waals surface area contributed by atoms with Crippen LogP contribution in [0.5, 0.6) is 0 Å². The van der Waals surface area contributed by atoms with Gasteiger partial charge in [-0.25, -0.2) is 4.79 Å². The Kier molecular flexibility index (Phi) is 12.5. The third-order valence-corrected chi connectivity index (χ3v) is 7.89. The van der Waals surface area contributed by atoms with Crippen molar-refractivity contribution in [3.8, 4) is 23.7 Å². The average molecular weight is 537 g/mol. The molecule has 3 fully saturated rings. The van der Waals surface area contributed by atoms with Crippen LogP contribution in [0.25, 0.3) is 0 Å². The first-order valence-electron chi connectivity index (χ1n) is 14.2. The van der Waals surface area contributed by atoms with E-state index in [4.69, 9.17) is 9.47 Å². The number of halogens is 3. The molecular weight excluding hydrogens is 493 g/mol. The van der Waals surface area contributed by atoms with Crippen molar-refractivity contribution in [3.63, 3.8) is 0 Å². The lowest BCUT2D eigenvalue weighted by atomic mass is 9.73. The van der Waals surface area contributed by atoms with E-state index in [-0.39, 0.29) is 36.5 Å². The molecule has 1 aliphatic heterocycles. The molecule has 3 rings (SSSR count). The highest BCUT2D eigenvalue weighted by Crippen LogP contribution is 2.43. The molecule has 0 bridgehead atoms. The smallest absolute Gasteiger partial charge is 0.393 e. The van der Waals surface area contributed by atoms with E-state index in [0.29, 0.717) is 19.4 Å². The summed E-state index contributed by atoms with van der Waals surface area (Å²) in [6, 6.07) is 0. The van der Waals surface area contributed by atoms with Gasteiger partial charge in [0.15, 0.2) is 0 Å². The van der Waals surface area contributed by atoms with E-state index >= 15 is 0 Å². The maximum Gasteiger partial charge on any atom is 0.393 e. The van der Waals surface area contributed by atoms with Crippen LogP contribution in [0, 0.1) is 47.4 Å². The molecule has 0 spiro atoms. The van der Waals surface area contributed by atoms with Crippen LogP contribution in [-0.4, -0.2) is 62.7 Å². The van der Waals surface area contributed by atoms with Gasteiger partial charge in [0.05, 0.1) is 18.6 Å². The number of rotatable bonds is 9. The molecule has 2 saturated carbocycles. The van der Waals surface area contributed by atoms with Gasteiger partial charge >= 0.3 is 12.1 Å². The van der Waals surface area contributed by atoms with E-state index in [1.54, 1.807) is 0 Å². The number of hydrogen-bond donors (Lipinski definition) is 1. The Bertz CT molecular complexity index is 877. The SMILES string of the molecule is C=CC(=O)OCCCCCCOC1CCC(C#CC2CCC(C#CC3NCCN3C)C(C(F)(F)F)C2)CC1. The summed E-state index contributed by atoms with van der Waals surface area (Å²) >= 11 is 0. The molecular formula is C30H43F3N2O3. The van der Waals surface area contributed by atoms with Gasteiger partial charge in [-0.05, 0) is 71.3 Å². The monoisotopic (exact) mass is 536 g/mol. The normalized spacial score (nSPS) is 30.0. The predicted molar refractivity (Wildman–Crippen MR) is 142 cm³/mol. The predicted octanol–water partition coefficient (Wildman–Crippen LogP) is 5.31. The number of unbranched alkanes of at least 4 members (excludes halogenated alkanes) is 3. The van der Waals surface area contributed by atoms with Gasteiger partial charge in [0.25, 0.3) is 0 Å². The summed E-state index contributed by atoms with van der Waals surface area (Å²) in [5.41, 5.74) is 0. The van der Waals surface area contributed by atoms with Crippen molar-refractivity contribution in [1.29, 1.82) is 0 Å². The van der Waals surface area contributed by atoms with Crippen LogP contribution in [0.4, 0.5) is 13.2 Å². The molecule has 5 nitrogen and oxygen atoms in total. The highest BCUT2D eigenvalue weighted by atomic mass is 19.4. The highest BCUT2D eigenvalue weighted by molar-refractivity contribution is 5.81. The molecule has 0 aromatic rings. The molecule has 38 heavy (non-hydrogen) atoms. The number of carbonyl (C=O) groups excluding carboxylic acids is 1. The van der Waals surface area contributed by atoms with Crippen molar-refractivity contribution in [1.82, 2.24) is 10.2 Å². The van der Waals surface area contributed by atoms with Gasteiger partial charge in [-0.2, -0.15) is 13.2 Å². The van der Waals surface area contributed by atoms with E-state index in [1.807, 2.05) is 11.9 Å². The molecule has 1 heterocycles. The zero-order chi connectivity index (χ0) is 27.4. The van der Waals surface area contributed by atoms with Crippen molar-refractivity contribution in [2.75, 3.05) is 33.4 Å². The van der Waals surface area contributed by atoms with E-state index in [2.05, 4.69) is 35.6 Å². The minimum atomic E-state index is -4.25. The van der Waals surface area contributed by atoms with E-state index in [1.165, 1.54) is 6.08 Å². The van der Waals surface area contributed by atoms with Crippen LogP contribution in [0.15, 0.2) is 12.7 Å². The van der Waals surface area contributed by atoms with Gasteiger partial charge in [-0.3, -0.25) is 10.2 Å². The summed E-state index contributed by atoms with van der Waals surface area (Å²) in [7, 11) is 1.93. The first-order chi connectivity index (χ1) is 18.3. The second-order valence-electron chi connectivity index (χ2n) is 10.8. The van der Waals surface area contributed by atoms with Gasteiger partial charge in [0.1, 0.15) is 6.17 Å². The average Bonchev–Trinajstić information content (AvgIpc) is 3.32. The Morgan fingerprint density at radius 3 is 2.32 bits per heavy atom. The number of esters is 1. The number of carbonyl (C=O) groups is 1. The summed E-state index contributed by atoms with van der Waals surface area (Å²) in [6.45, 7) is 6.20. The van der Waals surface area contributed by atoms with Crippen LogP contribution < -0.4 is 5.32 Å². The van der Waals surface area contributed by atoms with Gasteiger partial charge in [0, 0.05) is 43.5 Å². The number of ether oxygens (including phenoxy) is 2. The lowest BCUT2D eigenvalue weighted by molar-refractivity contribution is -0.192. The largest absolute Gasteiger partial charge is 0.463 e. The number of alkyl halides is 3. The maximum atomic E-state index is 13.9. The van der Waals surface area contributed by atoms with E-state index in [9.17, 15) is 18.0 Å². The van der Waals surface area contributed by atoms with Crippen molar-refractivity contribution in [2.45, 2.75) is 89.1 Å². The zero-order valence-corrected chi connectivity index (χ0v) is 22.7. The van der Waals surface area contributed by atoms with E-state index < -0.39 is 18.0 Å². The molecule has 4 atom stereocenters. The number of nitrogens with zero attached hydrogens (tertiary/aromatic N) is 1. The second-order valence-corrected chi connectivity index (χ2v) is 10.8. The standard InChI is InChI=1S/C30H43F3N2O3/c1-3-29(36)38-21-7-5-4-6-20-37-26-15-11-23(12-16-26)8-9-24-10-13-25(27(22-24)30(31,32)33)14-17-28-34-18-19-35(28)2/h3,23-28,34H,1,4-7,10-13,15-16,18-22H2,2H3. The van der Waals surface area contributed by atoms with Gasteiger partial charge in [-0.1, -0.05) is 36.7 Å². The van der Waals surface area contributed by atoms with Crippen molar-refractivity contribution < 1.29 is 27.4 Å². The summed E-state index contributed by atoms with van der Waals surface area (Å²) in [5.74, 6) is 10.2. The maximum absolute atomic E-state index is 13.9. The molecule has 212 valence electrons. The Hall–Kier alpha value is -2.00. The zero-order valence-electron chi connectivity index (χ0n) is 22.7. The fourth-order valence-corrected chi connectivity index (χ4v) is 5.49. The van der Waals surface area contributed by atoms with Crippen LogP contribution in [0.1, 0.15) is 70.6 Å². The van der Waals surface area contributed by atoms with Crippen LogP contribution in [-0.2, 0) is 14.3 Å². The first kappa shape index (κ1) is 30.5. The highest BCUT2D eigenvalue weighted by Gasteiger charge is 2.47. The summed E-state index contributed by atoms with van der Waals surface area (Å²) in [5, 5.41) is 3.22. The third kappa shape index (κ3) is 10.3. The fourth-order valence-electron chi connectivity index (χ4n) is 5.49. The van der Waals surface area contributed by atoms with Crippen LogP contribution in [0.3, 0.4) is 0 Å². The topological polar surface area (TPSA) is 50.8 Å². The van der Waals surface area contributed by atoms with Crippen molar-refractivity contribution >= 4 is 5.97 Å². The fraction of sp³-hybridized carbons (Fsp3) is 0.767. The van der Waals surface area contributed by atoms with Crippen molar-refractivity contribution in [2.24, 2.45) is 23.7 Å². The molecule has 8 heteroatoms. The Morgan fingerprint density at radius 1 is 0.974 bits per heavy atom. The van der Waals surface area contributed by atoms with Gasteiger partial charge < -0.3 is 9.47 Å². The third-order valence-electron chi connectivity index (χ3n) is 7.89. The Morgan fingerprint density at radius 2 is 1.66 bits per heavy atom. The molecule has 4 unspecified atom stereocenters. The molecule has 2 aliphatic carbocycles. The van der Waals surface area contributed by atoms with Gasteiger partial charge in [0.2, 0.25) is 0 Å². The molecule has 1 saturated heterocycles. The van der Waals surface area contributed by atoms with E-state index in [0.717, 1.165) is 71.1 Å². The summed E-state index contributed by atoms with van der Waals surface area (Å²) in [4.78, 5) is 13.0.